The fraction of sp³-hybridized carbons (Fsp3) is 0.0909. The van der Waals surface area contributed by atoms with Crippen molar-refractivity contribution in [2.24, 2.45) is 0 Å². The molecule has 6 heteroatoms. The normalized spacial score (nSPS) is 10.2. The van der Waals surface area contributed by atoms with Gasteiger partial charge in [-0.3, -0.25) is 9.59 Å². The van der Waals surface area contributed by atoms with Crippen LogP contribution in [0.25, 0.3) is 0 Å². The van der Waals surface area contributed by atoms with Crippen LogP contribution in [0.5, 0.6) is 11.5 Å². The van der Waals surface area contributed by atoms with Crippen molar-refractivity contribution in [3.8, 4) is 11.5 Å². The average Bonchev–Trinajstić information content (AvgIpc) is 2.68. The smallest absolute Gasteiger partial charge is 0.234 e. The number of hydrogen-bond acceptors (Lipinski definition) is 4. The van der Waals surface area contributed by atoms with Crippen molar-refractivity contribution in [1.82, 2.24) is 0 Å². The molecule has 0 radical (unpaired) electrons. The van der Waals surface area contributed by atoms with Gasteiger partial charge >= 0.3 is 0 Å². The van der Waals surface area contributed by atoms with Gasteiger partial charge in [0.2, 0.25) is 11.8 Å². The molecular formula is C22H20N2O3S. The topological polar surface area (TPSA) is 67.4 Å². The van der Waals surface area contributed by atoms with E-state index in [1.54, 1.807) is 6.07 Å². The lowest BCUT2D eigenvalue weighted by atomic mass is 10.3. The van der Waals surface area contributed by atoms with Gasteiger partial charge in [0.1, 0.15) is 11.5 Å². The van der Waals surface area contributed by atoms with E-state index in [1.807, 2.05) is 72.8 Å². The predicted molar refractivity (Wildman–Crippen MR) is 113 cm³/mol. The number of carbonyl (C=O) groups excluding carboxylic acids is 2. The Morgan fingerprint density at radius 1 is 0.821 bits per heavy atom. The van der Waals surface area contributed by atoms with E-state index >= 15 is 0 Å². The van der Waals surface area contributed by atoms with E-state index in [0.717, 1.165) is 16.3 Å². The minimum absolute atomic E-state index is 0.104. The van der Waals surface area contributed by atoms with Gasteiger partial charge in [-0.15, -0.1) is 11.8 Å². The molecule has 2 amide bonds. The van der Waals surface area contributed by atoms with Crippen molar-refractivity contribution in [3.05, 3.63) is 78.9 Å². The number of para-hydroxylation sites is 1. The molecular weight excluding hydrogens is 372 g/mol. The van der Waals surface area contributed by atoms with Gasteiger partial charge in [0, 0.05) is 29.3 Å². The number of amides is 2. The van der Waals surface area contributed by atoms with E-state index in [0.29, 0.717) is 11.4 Å². The molecule has 5 nitrogen and oxygen atoms in total. The van der Waals surface area contributed by atoms with Gasteiger partial charge in [0.05, 0.1) is 5.75 Å². The monoisotopic (exact) mass is 392 g/mol. The molecule has 0 aromatic heterocycles. The highest BCUT2D eigenvalue weighted by atomic mass is 32.2. The predicted octanol–water partition coefficient (Wildman–Crippen LogP) is 5.17. The Labute approximate surface area is 168 Å². The SMILES string of the molecule is CC(=O)Nc1ccc(SCC(=O)Nc2cccc(Oc3ccccc3)c2)cc1. The highest BCUT2D eigenvalue weighted by Gasteiger charge is 2.06. The lowest BCUT2D eigenvalue weighted by Gasteiger charge is -2.09. The maximum atomic E-state index is 12.2. The first kappa shape index (κ1) is 19.5. The van der Waals surface area contributed by atoms with Crippen LogP contribution in [0.2, 0.25) is 0 Å². The van der Waals surface area contributed by atoms with E-state index in [9.17, 15) is 9.59 Å². The number of carbonyl (C=O) groups is 2. The minimum Gasteiger partial charge on any atom is -0.457 e. The molecule has 0 aliphatic carbocycles. The Morgan fingerprint density at radius 2 is 1.54 bits per heavy atom. The molecule has 28 heavy (non-hydrogen) atoms. The van der Waals surface area contributed by atoms with E-state index in [2.05, 4.69) is 10.6 Å². The molecule has 3 rings (SSSR count). The molecule has 0 fully saturated rings. The molecule has 0 saturated carbocycles. The Balaban J connectivity index is 1.52. The van der Waals surface area contributed by atoms with Gasteiger partial charge in [-0.05, 0) is 48.5 Å². The zero-order valence-electron chi connectivity index (χ0n) is 15.3. The van der Waals surface area contributed by atoms with Crippen molar-refractivity contribution >= 4 is 35.0 Å². The van der Waals surface area contributed by atoms with Crippen molar-refractivity contribution in [3.63, 3.8) is 0 Å². The second-order valence-corrected chi connectivity index (χ2v) is 7.03. The van der Waals surface area contributed by atoms with Crippen LogP contribution in [-0.4, -0.2) is 17.6 Å². The number of nitrogens with one attached hydrogen (secondary N) is 2. The Bertz CT molecular complexity index is 944. The molecule has 3 aromatic carbocycles. The summed E-state index contributed by atoms with van der Waals surface area (Å²) in [5.41, 5.74) is 1.41. The maximum absolute atomic E-state index is 12.2. The van der Waals surface area contributed by atoms with Crippen molar-refractivity contribution < 1.29 is 14.3 Å². The molecule has 142 valence electrons. The summed E-state index contributed by atoms with van der Waals surface area (Å²) < 4.78 is 5.78. The number of benzene rings is 3. The average molecular weight is 392 g/mol. The first-order chi connectivity index (χ1) is 13.6. The largest absolute Gasteiger partial charge is 0.457 e. The summed E-state index contributed by atoms with van der Waals surface area (Å²) in [6, 6.07) is 24.1. The lowest BCUT2D eigenvalue weighted by Crippen LogP contribution is -2.13. The summed E-state index contributed by atoms with van der Waals surface area (Å²) in [5, 5.41) is 5.59. The van der Waals surface area contributed by atoms with Crippen molar-refractivity contribution in [1.29, 1.82) is 0 Å². The minimum atomic E-state index is -0.113. The van der Waals surface area contributed by atoms with Gasteiger partial charge in [-0.2, -0.15) is 0 Å². The third-order valence-electron chi connectivity index (χ3n) is 3.64. The summed E-state index contributed by atoms with van der Waals surface area (Å²) in [7, 11) is 0. The van der Waals surface area contributed by atoms with Crippen LogP contribution in [0.1, 0.15) is 6.92 Å². The van der Waals surface area contributed by atoms with Crippen molar-refractivity contribution in [2.45, 2.75) is 11.8 Å². The van der Waals surface area contributed by atoms with E-state index in [4.69, 9.17) is 4.74 Å². The fourth-order valence-corrected chi connectivity index (χ4v) is 3.14. The molecule has 0 saturated heterocycles. The first-order valence-electron chi connectivity index (χ1n) is 8.72. The summed E-state index contributed by atoms with van der Waals surface area (Å²) in [6.45, 7) is 1.47. The Kier molecular flexibility index (Phi) is 6.70. The molecule has 3 aromatic rings. The van der Waals surface area contributed by atoms with E-state index in [1.165, 1.54) is 18.7 Å². The van der Waals surface area contributed by atoms with Crippen LogP contribution >= 0.6 is 11.8 Å². The van der Waals surface area contributed by atoms with Crippen LogP contribution < -0.4 is 15.4 Å². The van der Waals surface area contributed by atoms with Crippen LogP contribution in [0.3, 0.4) is 0 Å². The maximum Gasteiger partial charge on any atom is 0.234 e. The molecule has 0 aliphatic heterocycles. The molecule has 0 unspecified atom stereocenters. The molecule has 0 bridgehead atoms. The van der Waals surface area contributed by atoms with Gasteiger partial charge in [0.25, 0.3) is 0 Å². The summed E-state index contributed by atoms with van der Waals surface area (Å²) in [4.78, 5) is 24.2. The fourth-order valence-electron chi connectivity index (χ4n) is 2.45. The summed E-state index contributed by atoms with van der Waals surface area (Å²) >= 11 is 1.43. The number of ether oxygens (including phenoxy) is 1. The third kappa shape index (κ3) is 6.17. The van der Waals surface area contributed by atoms with E-state index < -0.39 is 0 Å². The molecule has 0 heterocycles. The zero-order chi connectivity index (χ0) is 19.8. The first-order valence-corrected chi connectivity index (χ1v) is 9.70. The van der Waals surface area contributed by atoms with Crippen LogP contribution in [0.4, 0.5) is 11.4 Å². The van der Waals surface area contributed by atoms with Gasteiger partial charge in [-0.1, -0.05) is 24.3 Å². The Morgan fingerprint density at radius 3 is 2.25 bits per heavy atom. The summed E-state index contributed by atoms with van der Waals surface area (Å²) in [5.74, 6) is 1.46. The number of rotatable bonds is 7. The molecule has 0 spiro atoms. The molecule has 0 atom stereocenters. The molecule has 0 aliphatic rings. The quantitative estimate of drug-likeness (QED) is 0.545. The number of anilines is 2. The highest BCUT2D eigenvalue weighted by Crippen LogP contribution is 2.25. The second-order valence-electron chi connectivity index (χ2n) is 5.99. The van der Waals surface area contributed by atoms with Crippen LogP contribution in [-0.2, 0) is 9.59 Å². The van der Waals surface area contributed by atoms with Crippen molar-refractivity contribution in [2.75, 3.05) is 16.4 Å². The van der Waals surface area contributed by atoms with Crippen LogP contribution in [0, 0.1) is 0 Å². The van der Waals surface area contributed by atoms with Crippen LogP contribution in [0.15, 0.2) is 83.8 Å². The highest BCUT2D eigenvalue weighted by molar-refractivity contribution is 8.00. The van der Waals surface area contributed by atoms with Gasteiger partial charge < -0.3 is 15.4 Å². The Hall–Kier alpha value is -3.25. The van der Waals surface area contributed by atoms with Gasteiger partial charge in [0.15, 0.2) is 0 Å². The standard InChI is InChI=1S/C22H20N2O3S/c1-16(25)23-17-10-12-21(13-11-17)28-15-22(26)24-18-6-5-9-20(14-18)27-19-7-3-2-4-8-19/h2-14H,15H2,1H3,(H,23,25)(H,24,26). The molecule has 2 N–H and O–H groups in total. The second kappa shape index (κ2) is 9.62. The zero-order valence-corrected chi connectivity index (χ0v) is 16.2. The number of hydrogen-bond donors (Lipinski definition) is 2. The third-order valence-corrected chi connectivity index (χ3v) is 4.65. The lowest BCUT2D eigenvalue weighted by molar-refractivity contribution is -0.114. The van der Waals surface area contributed by atoms with Gasteiger partial charge in [-0.25, -0.2) is 0 Å². The number of thioether (sulfide) groups is 1. The van der Waals surface area contributed by atoms with E-state index in [-0.39, 0.29) is 17.6 Å². The summed E-state index contributed by atoms with van der Waals surface area (Å²) in [6.07, 6.45) is 0.